The monoisotopic (exact) mass is 450 g/mol. The average Bonchev–Trinajstić information content (AvgIpc) is 2.76. The van der Waals surface area contributed by atoms with Crippen molar-refractivity contribution < 1.29 is 4.39 Å². The Morgan fingerprint density at radius 2 is 1.81 bits per heavy atom. The standard InChI is InChI=1S/C24H24ClFN6/c1-4-10-32(11-8-17-7-9-27-15(2)12-17)24-30-21(19-6-5-18(25)13-20(19)26)22-23(31-24)29-16(3)14-28-22/h5-7,9,12-14H,4,8,10-11H2,1-3H3. The van der Waals surface area contributed by atoms with Crippen LogP contribution in [0.4, 0.5) is 10.3 Å². The summed E-state index contributed by atoms with van der Waals surface area (Å²) in [7, 11) is 0. The van der Waals surface area contributed by atoms with Crippen molar-refractivity contribution in [3.63, 3.8) is 0 Å². The Kier molecular flexibility index (Phi) is 6.55. The third-order valence-corrected chi connectivity index (χ3v) is 5.35. The smallest absolute Gasteiger partial charge is 0.228 e. The number of anilines is 1. The third kappa shape index (κ3) is 4.83. The molecule has 0 radical (unpaired) electrons. The lowest BCUT2D eigenvalue weighted by atomic mass is 10.1. The zero-order valence-corrected chi connectivity index (χ0v) is 19.1. The van der Waals surface area contributed by atoms with E-state index in [0.29, 0.717) is 39.9 Å². The molecule has 0 saturated carbocycles. The minimum atomic E-state index is -0.458. The maximum absolute atomic E-state index is 14.8. The molecule has 0 fully saturated rings. The zero-order valence-electron chi connectivity index (χ0n) is 18.3. The molecule has 3 heterocycles. The van der Waals surface area contributed by atoms with Crippen LogP contribution in [0.1, 0.15) is 30.3 Å². The van der Waals surface area contributed by atoms with Gasteiger partial charge in [-0.3, -0.25) is 4.98 Å². The Hall–Kier alpha value is -3.19. The third-order valence-electron chi connectivity index (χ3n) is 5.11. The molecule has 0 bridgehead atoms. The second kappa shape index (κ2) is 9.53. The molecule has 6 nitrogen and oxygen atoms in total. The molecule has 0 N–H and O–H groups in total. The molecule has 0 unspecified atom stereocenters. The van der Waals surface area contributed by atoms with Crippen molar-refractivity contribution in [1.82, 2.24) is 24.9 Å². The number of benzene rings is 1. The summed E-state index contributed by atoms with van der Waals surface area (Å²) in [5, 5.41) is 0.326. The SMILES string of the molecule is CCCN(CCc1ccnc(C)c1)c1nc(-c2ccc(Cl)cc2F)c2ncc(C)nc2n1. The summed E-state index contributed by atoms with van der Waals surface area (Å²) < 4.78 is 14.8. The van der Waals surface area contributed by atoms with Crippen LogP contribution in [0.25, 0.3) is 22.4 Å². The van der Waals surface area contributed by atoms with E-state index in [4.69, 9.17) is 21.6 Å². The number of nitrogens with zero attached hydrogens (tertiary/aromatic N) is 6. The first-order chi connectivity index (χ1) is 15.4. The first-order valence-electron chi connectivity index (χ1n) is 10.6. The molecule has 164 valence electrons. The van der Waals surface area contributed by atoms with E-state index in [-0.39, 0.29) is 0 Å². The second-order valence-electron chi connectivity index (χ2n) is 7.72. The van der Waals surface area contributed by atoms with Crippen molar-refractivity contribution in [2.24, 2.45) is 0 Å². The number of fused-ring (bicyclic) bond motifs is 1. The van der Waals surface area contributed by atoms with Crippen LogP contribution in [0.2, 0.25) is 5.02 Å². The van der Waals surface area contributed by atoms with Gasteiger partial charge >= 0.3 is 0 Å². The molecule has 4 aromatic rings. The van der Waals surface area contributed by atoms with Gasteiger partial charge in [0.05, 0.1) is 5.69 Å². The van der Waals surface area contributed by atoms with Gasteiger partial charge in [-0.05, 0) is 62.6 Å². The van der Waals surface area contributed by atoms with Crippen molar-refractivity contribution in [2.75, 3.05) is 18.0 Å². The highest BCUT2D eigenvalue weighted by atomic mass is 35.5. The van der Waals surface area contributed by atoms with Gasteiger partial charge in [0.1, 0.15) is 17.0 Å². The molecule has 0 amide bonds. The van der Waals surface area contributed by atoms with Crippen LogP contribution in [0.5, 0.6) is 0 Å². The van der Waals surface area contributed by atoms with Crippen molar-refractivity contribution in [3.8, 4) is 11.3 Å². The quantitative estimate of drug-likeness (QED) is 0.378. The van der Waals surface area contributed by atoms with Gasteiger partial charge < -0.3 is 4.90 Å². The molecule has 32 heavy (non-hydrogen) atoms. The summed E-state index contributed by atoms with van der Waals surface area (Å²) in [4.78, 5) is 24.8. The summed E-state index contributed by atoms with van der Waals surface area (Å²) >= 11 is 5.96. The Balaban J connectivity index is 1.79. The molecule has 0 atom stereocenters. The van der Waals surface area contributed by atoms with Gasteiger partial charge in [-0.25, -0.2) is 19.3 Å². The molecule has 0 saturated heterocycles. The van der Waals surface area contributed by atoms with Crippen LogP contribution < -0.4 is 4.90 Å². The topological polar surface area (TPSA) is 67.7 Å². The van der Waals surface area contributed by atoms with E-state index in [0.717, 1.165) is 30.8 Å². The number of aryl methyl sites for hydroxylation is 2. The summed E-state index contributed by atoms with van der Waals surface area (Å²) in [5.74, 6) is 0.0505. The van der Waals surface area contributed by atoms with E-state index in [1.807, 2.05) is 26.1 Å². The highest BCUT2D eigenvalue weighted by Crippen LogP contribution is 2.30. The first kappa shape index (κ1) is 22.0. The number of pyridine rings is 1. The number of hydrogen-bond acceptors (Lipinski definition) is 6. The molecule has 4 rings (SSSR count). The number of halogens is 2. The first-order valence-corrected chi connectivity index (χ1v) is 11.0. The molecule has 0 aliphatic carbocycles. The molecular weight excluding hydrogens is 427 g/mol. The van der Waals surface area contributed by atoms with Crippen LogP contribution in [0, 0.1) is 19.7 Å². The van der Waals surface area contributed by atoms with Gasteiger partial charge in [0.2, 0.25) is 5.95 Å². The Labute approximate surface area is 191 Å². The largest absolute Gasteiger partial charge is 0.340 e. The van der Waals surface area contributed by atoms with E-state index in [1.165, 1.54) is 11.6 Å². The molecule has 1 aromatic carbocycles. The van der Waals surface area contributed by atoms with Crippen LogP contribution in [0.15, 0.2) is 42.7 Å². The predicted octanol–water partition coefficient (Wildman–Crippen LogP) is 5.35. The normalized spacial score (nSPS) is 11.2. The highest BCUT2D eigenvalue weighted by molar-refractivity contribution is 6.30. The van der Waals surface area contributed by atoms with Gasteiger partial charge in [0, 0.05) is 41.8 Å². The number of hydrogen-bond donors (Lipinski definition) is 0. The molecule has 0 aliphatic rings. The maximum Gasteiger partial charge on any atom is 0.228 e. The van der Waals surface area contributed by atoms with Crippen molar-refractivity contribution in [3.05, 3.63) is 70.5 Å². The Morgan fingerprint density at radius 1 is 0.969 bits per heavy atom. The van der Waals surface area contributed by atoms with E-state index < -0.39 is 5.82 Å². The van der Waals surface area contributed by atoms with Crippen LogP contribution in [-0.2, 0) is 6.42 Å². The van der Waals surface area contributed by atoms with Gasteiger partial charge in [-0.1, -0.05) is 18.5 Å². The van der Waals surface area contributed by atoms with Crippen LogP contribution >= 0.6 is 11.6 Å². The lowest BCUT2D eigenvalue weighted by Gasteiger charge is -2.23. The van der Waals surface area contributed by atoms with Crippen molar-refractivity contribution in [2.45, 2.75) is 33.6 Å². The van der Waals surface area contributed by atoms with Crippen molar-refractivity contribution >= 4 is 28.7 Å². The molecule has 8 heteroatoms. The summed E-state index contributed by atoms with van der Waals surface area (Å²) in [5.41, 5.74) is 4.55. The fraction of sp³-hybridized carbons (Fsp3) is 0.292. The van der Waals surface area contributed by atoms with E-state index in [9.17, 15) is 4.39 Å². The van der Waals surface area contributed by atoms with Gasteiger partial charge in [-0.2, -0.15) is 4.98 Å². The lowest BCUT2D eigenvalue weighted by Crippen LogP contribution is -2.29. The minimum absolute atomic E-state index is 0.322. The van der Waals surface area contributed by atoms with Gasteiger partial charge in [0.25, 0.3) is 0 Å². The minimum Gasteiger partial charge on any atom is -0.340 e. The zero-order chi connectivity index (χ0) is 22.7. The van der Waals surface area contributed by atoms with E-state index in [1.54, 1.807) is 18.3 Å². The summed E-state index contributed by atoms with van der Waals surface area (Å²) in [6.07, 6.45) is 5.19. The van der Waals surface area contributed by atoms with Gasteiger partial charge in [0.15, 0.2) is 5.65 Å². The molecule has 3 aromatic heterocycles. The molecular formula is C24H24ClFN6. The van der Waals surface area contributed by atoms with Gasteiger partial charge in [-0.15, -0.1) is 0 Å². The summed E-state index contributed by atoms with van der Waals surface area (Å²) in [6.45, 7) is 7.41. The number of rotatable bonds is 7. The van der Waals surface area contributed by atoms with Crippen molar-refractivity contribution in [1.29, 1.82) is 0 Å². The average molecular weight is 451 g/mol. The summed E-state index contributed by atoms with van der Waals surface area (Å²) in [6, 6.07) is 8.64. The second-order valence-corrected chi connectivity index (χ2v) is 8.16. The molecule has 0 aliphatic heterocycles. The fourth-order valence-corrected chi connectivity index (χ4v) is 3.76. The highest BCUT2D eigenvalue weighted by Gasteiger charge is 2.19. The Bertz CT molecular complexity index is 1260. The van der Waals surface area contributed by atoms with E-state index in [2.05, 4.69) is 32.8 Å². The number of aromatic nitrogens is 5. The molecule has 0 spiro atoms. The maximum atomic E-state index is 14.8. The van der Waals surface area contributed by atoms with Crippen LogP contribution in [0.3, 0.4) is 0 Å². The Morgan fingerprint density at radius 3 is 2.56 bits per heavy atom. The lowest BCUT2D eigenvalue weighted by molar-refractivity contribution is 0.630. The van der Waals surface area contributed by atoms with E-state index >= 15 is 0 Å². The van der Waals surface area contributed by atoms with Crippen LogP contribution in [-0.4, -0.2) is 38.0 Å². The predicted molar refractivity (Wildman–Crippen MR) is 125 cm³/mol. The fourth-order valence-electron chi connectivity index (χ4n) is 3.60.